The van der Waals surface area contributed by atoms with Crippen molar-refractivity contribution in [1.82, 2.24) is 20.2 Å². The molecular formula is C15H17N5OS. The Morgan fingerprint density at radius 3 is 3.14 bits per heavy atom. The smallest absolute Gasteiger partial charge is 0.212 e. The van der Waals surface area contributed by atoms with Crippen LogP contribution >= 0.6 is 11.8 Å². The van der Waals surface area contributed by atoms with E-state index in [0.29, 0.717) is 0 Å². The Kier molecular flexibility index (Phi) is 3.59. The van der Waals surface area contributed by atoms with Crippen molar-refractivity contribution in [3.63, 3.8) is 0 Å². The van der Waals surface area contributed by atoms with Crippen molar-refractivity contribution in [2.24, 2.45) is 5.10 Å². The molecule has 2 aliphatic rings. The first-order valence-corrected chi connectivity index (χ1v) is 8.37. The largest absolute Gasteiger partial charge is 0.497 e. The maximum absolute atomic E-state index is 5.30. The highest BCUT2D eigenvalue weighted by atomic mass is 32.2. The summed E-state index contributed by atoms with van der Waals surface area (Å²) in [5.74, 6) is 2.56. The number of hydrogen-bond donors (Lipinski definition) is 1. The number of hydrogen-bond acceptors (Lipinski definition) is 6. The van der Waals surface area contributed by atoms with E-state index in [9.17, 15) is 0 Å². The summed E-state index contributed by atoms with van der Waals surface area (Å²) in [6.07, 6.45) is 2.26. The van der Waals surface area contributed by atoms with E-state index in [1.807, 2.05) is 22.9 Å². The molecule has 2 aliphatic heterocycles. The number of methoxy groups -OCH3 is 1. The zero-order valence-electron chi connectivity index (χ0n) is 12.3. The van der Waals surface area contributed by atoms with Gasteiger partial charge in [-0.3, -0.25) is 0 Å². The molecule has 6 nitrogen and oxygen atoms in total. The Morgan fingerprint density at radius 2 is 2.32 bits per heavy atom. The number of thioether (sulfide) groups is 1. The van der Waals surface area contributed by atoms with Crippen LogP contribution in [0.15, 0.2) is 34.5 Å². The van der Waals surface area contributed by atoms with Gasteiger partial charge in [0.2, 0.25) is 5.16 Å². The third kappa shape index (κ3) is 2.40. The fraction of sp³-hybridized carbons (Fsp3) is 0.400. The molecule has 22 heavy (non-hydrogen) atoms. The zero-order chi connectivity index (χ0) is 14.9. The first-order valence-electron chi connectivity index (χ1n) is 7.39. The van der Waals surface area contributed by atoms with Gasteiger partial charge in [0.05, 0.1) is 18.9 Å². The summed E-state index contributed by atoms with van der Waals surface area (Å²) in [5.41, 5.74) is 2.10. The molecule has 7 heteroatoms. The Hall–Kier alpha value is -1.86. The van der Waals surface area contributed by atoms with Crippen LogP contribution in [0, 0.1) is 0 Å². The molecule has 1 aromatic carbocycles. The Balaban J connectivity index is 1.71. The minimum absolute atomic E-state index is 0.259. The monoisotopic (exact) mass is 315 g/mol. The highest BCUT2D eigenvalue weighted by Crippen LogP contribution is 2.29. The van der Waals surface area contributed by atoms with Crippen LogP contribution in [-0.4, -0.2) is 40.0 Å². The summed E-state index contributed by atoms with van der Waals surface area (Å²) in [6.45, 7) is 1.03. The highest BCUT2D eigenvalue weighted by molar-refractivity contribution is 7.99. The van der Waals surface area contributed by atoms with E-state index in [0.717, 1.165) is 46.7 Å². The lowest BCUT2D eigenvalue weighted by Crippen LogP contribution is -2.20. The minimum Gasteiger partial charge on any atom is -0.497 e. The van der Waals surface area contributed by atoms with Crippen molar-refractivity contribution in [2.45, 2.75) is 24.0 Å². The Labute approximate surface area is 133 Å². The van der Waals surface area contributed by atoms with E-state index in [2.05, 4.69) is 21.6 Å². The van der Waals surface area contributed by atoms with Crippen molar-refractivity contribution in [2.75, 3.05) is 19.4 Å². The quantitative estimate of drug-likeness (QED) is 0.939. The second-order valence-electron chi connectivity index (χ2n) is 5.37. The van der Waals surface area contributed by atoms with Crippen LogP contribution in [0.25, 0.3) is 0 Å². The van der Waals surface area contributed by atoms with E-state index in [-0.39, 0.29) is 6.04 Å². The molecule has 0 spiro atoms. The van der Waals surface area contributed by atoms with Crippen molar-refractivity contribution in [3.05, 3.63) is 35.7 Å². The summed E-state index contributed by atoms with van der Waals surface area (Å²) >= 11 is 1.67. The molecule has 1 unspecified atom stereocenters. The maximum atomic E-state index is 5.30. The van der Waals surface area contributed by atoms with Gasteiger partial charge >= 0.3 is 0 Å². The van der Waals surface area contributed by atoms with Crippen molar-refractivity contribution in [3.8, 4) is 5.75 Å². The van der Waals surface area contributed by atoms with Gasteiger partial charge in [-0.25, -0.2) is 0 Å². The van der Waals surface area contributed by atoms with Gasteiger partial charge in [-0.2, -0.15) is 9.78 Å². The molecule has 0 aliphatic carbocycles. The van der Waals surface area contributed by atoms with Crippen molar-refractivity contribution < 1.29 is 4.74 Å². The predicted octanol–water partition coefficient (Wildman–Crippen LogP) is 2.07. The number of fused-ring (bicyclic) bond motifs is 1. The summed E-state index contributed by atoms with van der Waals surface area (Å²) in [5, 5.41) is 17.7. The number of ether oxygens (including phenoxy) is 1. The SMILES string of the molecule is COc1cccc(C2=Nn3c(nnc3C3CCCN3)SC2)c1. The van der Waals surface area contributed by atoms with Crippen LogP contribution in [-0.2, 0) is 0 Å². The van der Waals surface area contributed by atoms with E-state index < -0.39 is 0 Å². The van der Waals surface area contributed by atoms with Gasteiger partial charge in [-0.05, 0) is 31.5 Å². The molecule has 0 amide bonds. The number of benzene rings is 1. The van der Waals surface area contributed by atoms with Gasteiger partial charge in [-0.15, -0.1) is 10.2 Å². The number of nitrogens with zero attached hydrogens (tertiary/aromatic N) is 4. The molecule has 2 aromatic rings. The topological polar surface area (TPSA) is 64.3 Å². The molecular weight excluding hydrogens is 298 g/mol. The molecule has 1 saturated heterocycles. The third-order valence-electron chi connectivity index (χ3n) is 3.97. The Bertz CT molecular complexity index is 720. The zero-order valence-corrected chi connectivity index (χ0v) is 13.1. The normalized spacial score (nSPS) is 20.6. The minimum atomic E-state index is 0.259. The lowest BCUT2D eigenvalue weighted by Gasteiger charge is -2.16. The van der Waals surface area contributed by atoms with Crippen LogP contribution in [0.4, 0.5) is 0 Å². The van der Waals surface area contributed by atoms with Crippen LogP contribution in [0.5, 0.6) is 5.75 Å². The van der Waals surface area contributed by atoms with E-state index in [1.165, 1.54) is 6.42 Å². The first kappa shape index (κ1) is 13.8. The van der Waals surface area contributed by atoms with Gasteiger partial charge in [-0.1, -0.05) is 23.9 Å². The second kappa shape index (κ2) is 5.73. The molecule has 4 rings (SSSR count). The summed E-state index contributed by atoms with van der Waals surface area (Å²) in [7, 11) is 1.68. The standard InChI is InChI=1S/C15H17N5OS/c1-21-11-5-2-4-10(8-11)13-9-22-15-18-17-14(20(15)19-13)12-6-3-7-16-12/h2,4-5,8,12,16H,3,6-7,9H2,1H3. The Morgan fingerprint density at radius 1 is 1.36 bits per heavy atom. The van der Waals surface area contributed by atoms with Gasteiger partial charge in [0, 0.05) is 11.3 Å². The van der Waals surface area contributed by atoms with Crippen molar-refractivity contribution in [1.29, 1.82) is 0 Å². The van der Waals surface area contributed by atoms with Gasteiger partial charge in [0.1, 0.15) is 5.75 Å². The fourth-order valence-electron chi connectivity index (χ4n) is 2.81. The summed E-state index contributed by atoms with van der Waals surface area (Å²) in [4.78, 5) is 0. The van der Waals surface area contributed by atoms with E-state index in [4.69, 9.17) is 9.84 Å². The summed E-state index contributed by atoms with van der Waals surface area (Å²) in [6, 6.07) is 8.27. The van der Waals surface area contributed by atoms with Crippen LogP contribution in [0.3, 0.4) is 0 Å². The molecule has 3 heterocycles. The van der Waals surface area contributed by atoms with Crippen LogP contribution < -0.4 is 10.1 Å². The van der Waals surface area contributed by atoms with E-state index >= 15 is 0 Å². The number of rotatable bonds is 3. The maximum Gasteiger partial charge on any atom is 0.212 e. The molecule has 0 bridgehead atoms. The van der Waals surface area contributed by atoms with Gasteiger partial charge in [0.25, 0.3) is 0 Å². The third-order valence-corrected chi connectivity index (χ3v) is 4.90. The van der Waals surface area contributed by atoms with Gasteiger partial charge < -0.3 is 10.1 Å². The number of aromatic nitrogens is 3. The molecule has 1 atom stereocenters. The lowest BCUT2D eigenvalue weighted by molar-refractivity contribution is 0.414. The molecule has 1 N–H and O–H groups in total. The lowest BCUT2D eigenvalue weighted by atomic mass is 10.1. The van der Waals surface area contributed by atoms with Crippen LogP contribution in [0.1, 0.15) is 30.3 Å². The molecule has 1 aromatic heterocycles. The van der Waals surface area contributed by atoms with E-state index in [1.54, 1.807) is 18.9 Å². The summed E-state index contributed by atoms with van der Waals surface area (Å²) < 4.78 is 7.20. The average Bonchev–Trinajstić information content (AvgIpc) is 3.23. The molecule has 1 fully saturated rings. The molecule has 0 saturated carbocycles. The molecule has 114 valence electrons. The van der Waals surface area contributed by atoms with Crippen LogP contribution in [0.2, 0.25) is 0 Å². The number of nitrogens with one attached hydrogen (secondary N) is 1. The fourth-order valence-corrected chi connectivity index (χ4v) is 3.65. The van der Waals surface area contributed by atoms with Gasteiger partial charge in [0.15, 0.2) is 5.82 Å². The predicted molar refractivity (Wildman–Crippen MR) is 85.7 cm³/mol. The highest BCUT2D eigenvalue weighted by Gasteiger charge is 2.26. The van der Waals surface area contributed by atoms with Crippen molar-refractivity contribution >= 4 is 17.5 Å². The second-order valence-corrected chi connectivity index (χ2v) is 6.31. The molecule has 0 radical (unpaired) electrons. The first-order chi connectivity index (χ1) is 10.8. The average molecular weight is 315 g/mol.